The number of carbonyl (C=O) groups excluding carboxylic acids is 9. The highest BCUT2D eigenvalue weighted by Gasteiger charge is 2.63. The van der Waals surface area contributed by atoms with Crippen molar-refractivity contribution in [3.63, 3.8) is 0 Å². The van der Waals surface area contributed by atoms with Gasteiger partial charge in [-0.1, -0.05) is 134 Å². The van der Waals surface area contributed by atoms with Crippen molar-refractivity contribution in [1.82, 2.24) is 39.4 Å². The van der Waals surface area contributed by atoms with Crippen molar-refractivity contribution in [2.24, 2.45) is 47.3 Å². The number of likely N-dealkylation sites (N-methyl/N-ethyl adjacent to an activating group) is 4. The Bertz CT molecular complexity index is 4740. The number of aliphatic hydroxyl groups excluding tert-OH is 2. The number of carbonyl (C=O) groups is 9. The number of aliphatic hydroxyl groups is 2. The summed E-state index contributed by atoms with van der Waals surface area (Å²) < 4.78 is 71.4. The normalized spacial score (nSPS) is 34.1. The van der Waals surface area contributed by atoms with Crippen molar-refractivity contribution in [2.45, 2.75) is 257 Å². The van der Waals surface area contributed by atoms with Crippen LogP contribution < -0.4 is 0 Å². The Morgan fingerprint density at radius 3 is 1.30 bits per heavy atom. The van der Waals surface area contributed by atoms with Crippen LogP contribution in [0.1, 0.15) is 171 Å². The monoisotopic (exact) mass is 1810 g/mol. The first kappa shape index (κ1) is 105. The molecule has 0 radical (unpaired) electrons. The Morgan fingerprint density at radius 2 is 0.900 bits per heavy atom. The van der Waals surface area contributed by atoms with Crippen molar-refractivity contribution >= 4 is 87.2 Å². The highest BCUT2D eigenvalue weighted by atomic mass is 16.7. The van der Waals surface area contributed by atoms with Crippen molar-refractivity contribution in [3.8, 4) is 0 Å². The van der Waals surface area contributed by atoms with Crippen LogP contribution >= 0.6 is 0 Å². The van der Waals surface area contributed by atoms with Gasteiger partial charge >= 0.3 is 30.1 Å². The number of ketones is 4. The first-order valence-electron chi connectivity index (χ1n) is 45.9. The lowest BCUT2D eigenvalue weighted by Gasteiger charge is -2.48. The molecule has 26 atom stereocenters. The molecule has 0 saturated carbocycles. The second-order valence-electron chi connectivity index (χ2n) is 38.1. The molecule has 8 heterocycles. The number of ether oxygens (including phenoxy) is 11. The van der Waals surface area contributed by atoms with Crippen molar-refractivity contribution in [2.75, 3.05) is 103 Å². The van der Waals surface area contributed by atoms with E-state index in [1.54, 1.807) is 102 Å². The number of aromatic nitrogens is 2. The maximum Gasteiger partial charge on any atom is 0.410 e. The third kappa shape index (κ3) is 24.4. The lowest BCUT2D eigenvalue weighted by atomic mass is 9.73. The number of hydrogen-bond donors (Lipinski definition) is 2. The van der Waals surface area contributed by atoms with Crippen LogP contribution in [0.4, 0.5) is 9.59 Å². The summed E-state index contributed by atoms with van der Waals surface area (Å²) in [5.74, 6) is -11.1. The number of esters is 3. The zero-order valence-corrected chi connectivity index (χ0v) is 80.9. The predicted octanol–water partition coefficient (Wildman–Crippen LogP) is 12.2. The van der Waals surface area contributed by atoms with E-state index in [1.165, 1.54) is 13.8 Å². The van der Waals surface area contributed by atoms with Crippen molar-refractivity contribution < 1.29 is 105 Å². The number of pyridine rings is 2. The van der Waals surface area contributed by atoms with E-state index in [0.717, 1.165) is 40.0 Å². The Kier molecular flexibility index (Phi) is 36.8. The van der Waals surface area contributed by atoms with Gasteiger partial charge in [-0.15, -0.1) is 0 Å². The molecule has 0 bridgehead atoms. The molecule has 6 saturated heterocycles. The second kappa shape index (κ2) is 45.7. The van der Waals surface area contributed by atoms with Crippen LogP contribution in [0.2, 0.25) is 0 Å². The van der Waals surface area contributed by atoms with Crippen LogP contribution in [0.5, 0.6) is 0 Å². The number of benzene rings is 3. The van der Waals surface area contributed by atoms with Crippen molar-refractivity contribution in [1.29, 1.82) is 0 Å². The summed E-state index contributed by atoms with van der Waals surface area (Å²) in [5.41, 5.74) is -1.87. The average molecular weight is 1810 g/mol. The van der Waals surface area contributed by atoms with E-state index in [1.807, 2.05) is 209 Å². The zero-order chi connectivity index (χ0) is 95.9. The standard InChI is InChI=1S/C53H72N4O11.C46H68N4O10.CH4O/c1-13-42-53(8)46(57(51(62)68-53)26-25-55(9)10)34(4)43(58)32(2)30-52(7,63-27-19-20-37-29-39-23-17-18-24-40(39)54-31-37)47(35(5)44(59)36(6)48(60)65-42)67-50-45(41(56(11)12)28-33(3)64-50)66-49(61)38-21-15-14-16-22-38;1-13-36-46(8)40(50(44(55)60-46)21-20-48(9)10)29(4)37(51)27(2)25-45(7,56-22-16-17-32-24-33-18-14-15-19-34(33)47-26-32)41(30(5)38(52)31(6)42(54)58-36)59-43-39(53)35(49(11)12)23-28(3)57-43;1-2/h14-24,29,31-36,41-42,45-47,50H,13,25-28,30H2,1-12H3;14-19,24,26-31,35-36,39-41,43,53H,13,20-23,25H2,1-12H3;2H,1H3/b20-19+;17-16+;/t32-,33-,34+,35+,36-,41+,42-,45-,46-,47-,50+,52-,53-;27-,28-,29+,30+,31-,35+,36-,39-,40-,41-,43+,45-,46-;/m11./s1. The van der Waals surface area contributed by atoms with Crippen LogP contribution in [-0.4, -0.2) is 314 Å². The van der Waals surface area contributed by atoms with Gasteiger partial charge in [-0.05, 0) is 198 Å². The van der Waals surface area contributed by atoms with Gasteiger partial charge in [0.15, 0.2) is 41.5 Å². The average Bonchev–Trinajstić information content (AvgIpc) is 1.37. The number of hydrogen-bond acceptors (Lipinski definition) is 28. The summed E-state index contributed by atoms with van der Waals surface area (Å²) in [6, 6.07) is 26.0. The highest BCUT2D eigenvalue weighted by molar-refractivity contribution is 6.01. The Labute approximate surface area is 768 Å². The van der Waals surface area contributed by atoms with Crippen molar-refractivity contribution in [3.05, 3.63) is 132 Å². The number of rotatable bonds is 24. The van der Waals surface area contributed by atoms with Gasteiger partial charge < -0.3 is 81.9 Å². The Balaban J connectivity index is 0.000000290. The summed E-state index contributed by atoms with van der Waals surface area (Å²) in [7, 11) is 16.1. The maximum absolute atomic E-state index is 15.1. The van der Waals surface area contributed by atoms with Crippen LogP contribution in [-0.2, 0) is 80.9 Å². The number of fused-ring (bicyclic) bond motifs is 4. The lowest BCUT2D eigenvalue weighted by Crippen LogP contribution is -2.61. The highest BCUT2D eigenvalue weighted by Crippen LogP contribution is 2.47. The Morgan fingerprint density at radius 1 is 0.515 bits per heavy atom. The fourth-order valence-corrected chi connectivity index (χ4v) is 20.0. The molecular formula is C100H144N8O22. The summed E-state index contributed by atoms with van der Waals surface area (Å²) in [5, 5.41) is 20.6. The van der Waals surface area contributed by atoms with Crippen LogP contribution in [0, 0.1) is 47.3 Å². The third-order valence-electron chi connectivity index (χ3n) is 27.1. The molecule has 11 rings (SSSR count). The van der Waals surface area contributed by atoms with E-state index in [0.29, 0.717) is 31.5 Å². The van der Waals surface area contributed by atoms with Gasteiger partial charge in [0.1, 0.15) is 41.7 Å². The molecule has 0 aliphatic carbocycles. The summed E-state index contributed by atoms with van der Waals surface area (Å²) >= 11 is 0. The van der Waals surface area contributed by atoms with E-state index in [2.05, 4.69) is 9.97 Å². The van der Waals surface area contributed by atoms with Gasteiger partial charge in [0, 0.05) is 98.0 Å². The number of nitrogens with zero attached hydrogens (tertiary/aromatic N) is 8. The minimum Gasteiger partial charge on any atom is -0.458 e. The summed E-state index contributed by atoms with van der Waals surface area (Å²) in [4.78, 5) is 149. The number of Topliss-reactive ketones (excluding diaryl/α,β-unsaturated/α-hetero) is 4. The molecule has 2 N–H and O–H groups in total. The van der Waals surface area contributed by atoms with Crippen LogP contribution in [0.3, 0.4) is 0 Å². The zero-order valence-electron chi connectivity index (χ0n) is 80.9. The van der Waals surface area contributed by atoms with Crippen LogP contribution in [0.25, 0.3) is 34.0 Å². The molecule has 6 aliphatic rings. The van der Waals surface area contributed by atoms with E-state index in [4.69, 9.17) is 57.2 Å². The van der Waals surface area contributed by atoms with E-state index in [9.17, 15) is 43.5 Å². The van der Waals surface area contributed by atoms with E-state index < -0.39 is 173 Å². The number of cyclic esters (lactones) is 2. The van der Waals surface area contributed by atoms with Gasteiger partial charge in [0.25, 0.3) is 0 Å². The molecule has 2 aromatic heterocycles. The second-order valence-corrected chi connectivity index (χ2v) is 38.1. The lowest BCUT2D eigenvalue weighted by molar-refractivity contribution is -0.296. The molecule has 0 unspecified atom stereocenters. The molecule has 30 nitrogen and oxygen atoms in total. The topological polar surface area (TPSA) is 341 Å². The molecule has 2 amide bonds. The minimum atomic E-state index is -1.45. The molecule has 716 valence electrons. The molecule has 30 heteroatoms. The first-order valence-corrected chi connectivity index (χ1v) is 45.9. The molecule has 0 spiro atoms. The summed E-state index contributed by atoms with van der Waals surface area (Å²) in [6.45, 7) is 29.7. The van der Waals surface area contributed by atoms with Gasteiger partial charge in [0.2, 0.25) is 0 Å². The molecule has 6 fully saturated rings. The van der Waals surface area contributed by atoms with Gasteiger partial charge in [-0.2, -0.15) is 0 Å². The molecule has 130 heavy (non-hydrogen) atoms. The molecule has 3 aromatic carbocycles. The van der Waals surface area contributed by atoms with Gasteiger partial charge in [-0.25, -0.2) is 14.4 Å². The quantitative estimate of drug-likeness (QED) is 0.0329. The first-order chi connectivity index (χ1) is 61.4. The minimum absolute atomic E-state index is 0.0202. The van der Waals surface area contributed by atoms with Gasteiger partial charge in [-0.3, -0.25) is 48.5 Å². The predicted molar refractivity (Wildman–Crippen MR) is 493 cm³/mol. The fraction of sp³-hybridized carbons (Fsp3) is 0.630. The SMILES string of the molecule is CC[C@H]1OC(=O)[C@H](C)C(=O)[C@H](C)[C@@H](O[C@@H]2O[C@H](C)C[C@H](N(C)C)[C@H]2O)[C@](C)(OC/C=C/c2cnc3ccccc3c2)C[C@@H](C)C(=O)[C@H](C)[C@H]2N(CCN(C)C)C(=O)O[C@]12C.CC[C@H]1OC(=O)[C@H](C)C(=O)[C@H](C)[C@@H](O[C@@H]2O[C@H](C)C[C@H](N(C)C)[C@H]2OC(=O)c2ccccc2)[C@](C)(OC/C=C/c2cnc3ccccc3c2)C[C@@H](C)C(=O)[C@H](C)[C@H]2N(CCN(C)C)C(=O)O[C@]12C.CO. The third-order valence-corrected chi connectivity index (χ3v) is 27.1. The largest absolute Gasteiger partial charge is 0.458 e. The summed E-state index contributed by atoms with van der Waals surface area (Å²) in [6.07, 6.45) is 2.16. The maximum atomic E-state index is 15.1. The number of para-hydroxylation sites is 2. The fourth-order valence-electron chi connectivity index (χ4n) is 20.0. The molecular weight excluding hydrogens is 1670 g/mol. The Hall–Kier alpha value is -8.89. The number of amides is 2. The van der Waals surface area contributed by atoms with Gasteiger partial charge in [0.05, 0.1) is 83.6 Å². The van der Waals surface area contributed by atoms with E-state index >= 15 is 4.79 Å². The smallest absolute Gasteiger partial charge is 0.410 e. The van der Waals surface area contributed by atoms with Crippen LogP contribution in [0.15, 0.2) is 116 Å². The molecule has 5 aromatic rings. The molecule has 6 aliphatic heterocycles. The van der Waals surface area contributed by atoms with E-state index in [-0.39, 0.29) is 87.8 Å².